The highest BCUT2D eigenvalue weighted by atomic mass is 16.5. The smallest absolute Gasteiger partial charge is 0.430 e. The zero-order valence-corrected chi connectivity index (χ0v) is 7.68. The van der Waals surface area contributed by atoms with Gasteiger partial charge in [-0.1, -0.05) is 33.1 Å². The molecule has 66 valence electrons. The maximum atomic E-state index is 8.54. The standard InChI is InChI=1S/C8H19BO2/c1-3-5-7-8(6-4-2)11-9-10/h8-10H,3-7H2,1-2H3. The minimum atomic E-state index is -0.131. The van der Waals surface area contributed by atoms with Crippen molar-refractivity contribution in [2.24, 2.45) is 0 Å². The van der Waals surface area contributed by atoms with Crippen molar-refractivity contribution in [1.82, 2.24) is 0 Å². The summed E-state index contributed by atoms with van der Waals surface area (Å²) in [5.74, 6) is 0. The lowest BCUT2D eigenvalue weighted by Crippen LogP contribution is -2.15. The fourth-order valence-corrected chi connectivity index (χ4v) is 1.17. The topological polar surface area (TPSA) is 29.5 Å². The molecular formula is C8H19BO2. The van der Waals surface area contributed by atoms with Crippen molar-refractivity contribution in [3.05, 3.63) is 0 Å². The molecule has 1 atom stereocenters. The minimum Gasteiger partial charge on any atom is -0.430 e. The lowest BCUT2D eigenvalue weighted by molar-refractivity contribution is 0.160. The van der Waals surface area contributed by atoms with Gasteiger partial charge in [0.2, 0.25) is 0 Å². The first-order valence-electron chi connectivity index (χ1n) is 4.57. The molecule has 0 saturated carbocycles. The van der Waals surface area contributed by atoms with Crippen molar-refractivity contribution in [3.63, 3.8) is 0 Å². The molecule has 0 fully saturated rings. The third kappa shape index (κ3) is 6.39. The molecule has 0 aromatic rings. The van der Waals surface area contributed by atoms with Crippen LogP contribution in [0.1, 0.15) is 46.0 Å². The molecule has 3 heteroatoms. The van der Waals surface area contributed by atoms with E-state index in [9.17, 15) is 0 Å². The van der Waals surface area contributed by atoms with Gasteiger partial charge in [-0.2, -0.15) is 0 Å². The first kappa shape index (κ1) is 11.0. The van der Waals surface area contributed by atoms with Crippen molar-refractivity contribution in [1.29, 1.82) is 0 Å². The molecular weight excluding hydrogens is 139 g/mol. The van der Waals surface area contributed by atoms with Crippen LogP contribution < -0.4 is 0 Å². The number of unbranched alkanes of at least 4 members (excludes halogenated alkanes) is 1. The second kappa shape index (κ2) is 8.09. The van der Waals surface area contributed by atoms with Gasteiger partial charge in [0.05, 0.1) is 0 Å². The normalized spacial score (nSPS) is 13.0. The Labute approximate surface area is 70.3 Å². The maximum absolute atomic E-state index is 8.54. The first-order valence-corrected chi connectivity index (χ1v) is 4.57. The Morgan fingerprint density at radius 2 is 2.00 bits per heavy atom. The quantitative estimate of drug-likeness (QED) is 0.570. The summed E-state index contributed by atoms with van der Waals surface area (Å²) in [5, 5.41) is 8.54. The number of rotatable bonds is 7. The average Bonchev–Trinajstić information content (AvgIpc) is 2.01. The van der Waals surface area contributed by atoms with Gasteiger partial charge in [-0.15, -0.1) is 0 Å². The van der Waals surface area contributed by atoms with Crippen LogP contribution in [0.4, 0.5) is 0 Å². The van der Waals surface area contributed by atoms with E-state index < -0.39 is 0 Å². The Morgan fingerprint density at radius 3 is 2.45 bits per heavy atom. The largest absolute Gasteiger partial charge is 0.435 e. The fraction of sp³-hybridized carbons (Fsp3) is 1.00. The monoisotopic (exact) mass is 158 g/mol. The van der Waals surface area contributed by atoms with Crippen LogP contribution in [0, 0.1) is 0 Å². The SMILES string of the molecule is CCCCC(CCC)OBO. The van der Waals surface area contributed by atoms with E-state index >= 15 is 0 Å². The van der Waals surface area contributed by atoms with Crippen LogP contribution in [-0.2, 0) is 4.65 Å². The van der Waals surface area contributed by atoms with E-state index in [0.717, 1.165) is 19.3 Å². The van der Waals surface area contributed by atoms with Crippen LogP contribution in [0.15, 0.2) is 0 Å². The maximum Gasteiger partial charge on any atom is 0.435 e. The molecule has 0 amide bonds. The molecule has 0 radical (unpaired) electrons. The lowest BCUT2D eigenvalue weighted by Gasteiger charge is -2.14. The molecule has 1 N–H and O–H groups in total. The van der Waals surface area contributed by atoms with E-state index in [2.05, 4.69) is 13.8 Å². The highest BCUT2D eigenvalue weighted by Gasteiger charge is 2.05. The highest BCUT2D eigenvalue weighted by molar-refractivity contribution is 6.15. The Kier molecular flexibility index (Phi) is 8.07. The third-order valence-electron chi connectivity index (χ3n) is 1.80. The van der Waals surface area contributed by atoms with Crippen LogP contribution in [0.2, 0.25) is 0 Å². The Bertz CT molecular complexity index is 72.5. The van der Waals surface area contributed by atoms with E-state index in [0.29, 0.717) is 0 Å². The van der Waals surface area contributed by atoms with E-state index in [1.165, 1.54) is 12.8 Å². The molecule has 0 aromatic heterocycles. The molecule has 0 spiro atoms. The summed E-state index contributed by atoms with van der Waals surface area (Å²) in [6.07, 6.45) is 5.98. The second-order valence-electron chi connectivity index (χ2n) is 2.85. The van der Waals surface area contributed by atoms with Crippen molar-refractivity contribution < 1.29 is 9.68 Å². The van der Waals surface area contributed by atoms with E-state index in [1.54, 1.807) is 0 Å². The van der Waals surface area contributed by atoms with Crippen molar-refractivity contribution in [3.8, 4) is 0 Å². The van der Waals surface area contributed by atoms with Crippen molar-refractivity contribution in [2.75, 3.05) is 0 Å². The summed E-state index contributed by atoms with van der Waals surface area (Å²) in [7, 11) is -0.131. The summed E-state index contributed by atoms with van der Waals surface area (Å²) in [5.41, 5.74) is 0. The molecule has 0 aliphatic heterocycles. The highest BCUT2D eigenvalue weighted by Crippen LogP contribution is 2.09. The van der Waals surface area contributed by atoms with Gasteiger partial charge >= 0.3 is 7.69 Å². The zero-order chi connectivity index (χ0) is 8.53. The summed E-state index contributed by atoms with van der Waals surface area (Å²) in [6.45, 7) is 4.31. The van der Waals surface area contributed by atoms with Crippen molar-refractivity contribution >= 4 is 7.69 Å². The molecule has 1 unspecified atom stereocenters. The summed E-state index contributed by atoms with van der Waals surface area (Å²) in [4.78, 5) is 0. The summed E-state index contributed by atoms with van der Waals surface area (Å²) < 4.78 is 5.14. The van der Waals surface area contributed by atoms with Crippen LogP contribution in [0.25, 0.3) is 0 Å². The Morgan fingerprint density at radius 1 is 1.27 bits per heavy atom. The van der Waals surface area contributed by atoms with Crippen LogP contribution in [-0.4, -0.2) is 18.8 Å². The Balaban J connectivity index is 3.34. The molecule has 0 rings (SSSR count). The molecule has 11 heavy (non-hydrogen) atoms. The molecule has 2 nitrogen and oxygen atoms in total. The van der Waals surface area contributed by atoms with Gasteiger partial charge in [-0.25, -0.2) is 0 Å². The summed E-state index contributed by atoms with van der Waals surface area (Å²) in [6, 6.07) is 0. The van der Waals surface area contributed by atoms with Crippen LogP contribution in [0.3, 0.4) is 0 Å². The fourth-order valence-electron chi connectivity index (χ4n) is 1.17. The number of hydrogen-bond acceptors (Lipinski definition) is 2. The second-order valence-corrected chi connectivity index (χ2v) is 2.85. The minimum absolute atomic E-state index is 0.131. The number of hydrogen-bond donors (Lipinski definition) is 1. The van der Waals surface area contributed by atoms with E-state index in [1.807, 2.05) is 0 Å². The molecule has 0 bridgehead atoms. The van der Waals surface area contributed by atoms with Gasteiger partial charge in [-0.05, 0) is 12.8 Å². The molecule has 0 aliphatic carbocycles. The predicted molar refractivity (Wildman–Crippen MR) is 48.7 cm³/mol. The van der Waals surface area contributed by atoms with Crippen LogP contribution >= 0.6 is 0 Å². The zero-order valence-electron chi connectivity index (χ0n) is 7.68. The predicted octanol–water partition coefficient (Wildman–Crippen LogP) is 1.62. The molecule has 0 heterocycles. The molecule has 0 saturated heterocycles. The van der Waals surface area contributed by atoms with Gasteiger partial charge in [0.25, 0.3) is 0 Å². The van der Waals surface area contributed by atoms with Gasteiger partial charge in [0, 0.05) is 6.10 Å². The first-order chi connectivity index (χ1) is 5.35. The van der Waals surface area contributed by atoms with Gasteiger partial charge < -0.3 is 9.68 Å². The lowest BCUT2D eigenvalue weighted by atomic mass is 10.1. The summed E-state index contributed by atoms with van der Waals surface area (Å²) >= 11 is 0. The van der Waals surface area contributed by atoms with E-state index in [-0.39, 0.29) is 13.8 Å². The average molecular weight is 158 g/mol. The molecule has 0 aliphatic rings. The van der Waals surface area contributed by atoms with Crippen molar-refractivity contribution in [2.45, 2.75) is 52.1 Å². The third-order valence-corrected chi connectivity index (χ3v) is 1.80. The van der Waals surface area contributed by atoms with Crippen LogP contribution in [0.5, 0.6) is 0 Å². The van der Waals surface area contributed by atoms with Gasteiger partial charge in [0.1, 0.15) is 0 Å². The van der Waals surface area contributed by atoms with Gasteiger partial charge in [-0.3, -0.25) is 0 Å². The van der Waals surface area contributed by atoms with Gasteiger partial charge in [0.15, 0.2) is 0 Å². The molecule has 0 aromatic carbocycles. The Hall–Kier alpha value is -0.0151. The van der Waals surface area contributed by atoms with E-state index in [4.69, 9.17) is 9.68 Å².